The number of likely N-dealkylation sites (tertiary alicyclic amines) is 1. The Morgan fingerprint density at radius 2 is 2.21 bits per heavy atom. The second-order valence-electron chi connectivity index (χ2n) is 5.96. The molecule has 2 heterocycles. The predicted molar refractivity (Wildman–Crippen MR) is 96.3 cm³/mol. The number of rotatable bonds is 5. The number of carbonyl (C=O) groups is 2. The second kappa shape index (κ2) is 7.36. The lowest BCUT2D eigenvalue weighted by atomic mass is 10.1. The summed E-state index contributed by atoms with van der Waals surface area (Å²) < 4.78 is 0.711. The molecule has 0 spiro atoms. The molecule has 1 atom stereocenters. The molecule has 1 fully saturated rings. The van der Waals surface area contributed by atoms with Gasteiger partial charge in [0.1, 0.15) is 0 Å². The zero-order chi connectivity index (χ0) is 17.1. The van der Waals surface area contributed by atoms with E-state index in [1.807, 2.05) is 42.2 Å². The summed E-state index contributed by atoms with van der Waals surface area (Å²) in [5, 5.41) is 2.99. The van der Waals surface area contributed by atoms with Crippen LogP contribution in [-0.2, 0) is 11.3 Å². The summed E-state index contributed by atoms with van der Waals surface area (Å²) in [7, 11) is 0. The van der Waals surface area contributed by atoms with Gasteiger partial charge in [0.25, 0.3) is 5.91 Å². The molecule has 1 aromatic carbocycles. The van der Waals surface area contributed by atoms with E-state index in [0.29, 0.717) is 22.9 Å². The van der Waals surface area contributed by atoms with E-state index >= 15 is 0 Å². The molecule has 3 rings (SSSR count). The zero-order valence-electron chi connectivity index (χ0n) is 13.4. The number of halogens is 1. The molecule has 1 N–H and O–H groups in total. The molecule has 0 saturated carbocycles. The van der Waals surface area contributed by atoms with Crippen molar-refractivity contribution in [3.8, 4) is 0 Å². The van der Waals surface area contributed by atoms with Gasteiger partial charge in [-0.15, -0.1) is 11.3 Å². The molecule has 2 aromatic rings. The van der Waals surface area contributed by atoms with Crippen molar-refractivity contribution in [2.45, 2.75) is 32.4 Å². The van der Waals surface area contributed by atoms with E-state index in [9.17, 15) is 9.59 Å². The minimum absolute atomic E-state index is 0.0983. The van der Waals surface area contributed by atoms with Crippen LogP contribution in [0.25, 0.3) is 0 Å². The molecule has 6 heteroatoms. The van der Waals surface area contributed by atoms with E-state index in [-0.39, 0.29) is 17.9 Å². The maximum atomic E-state index is 12.5. The van der Waals surface area contributed by atoms with E-state index < -0.39 is 0 Å². The number of hydrogen-bond donors (Lipinski definition) is 1. The van der Waals surface area contributed by atoms with Crippen molar-refractivity contribution in [2.24, 2.45) is 0 Å². The lowest BCUT2D eigenvalue weighted by Crippen LogP contribution is -2.27. The molecular formula is C18H19ClN2O2S. The first-order chi connectivity index (χ1) is 11.5. The van der Waals surface area contributed by atoms with Crippen molar-refractivity contribution in [1.82, 2.24) is 10.2 Å². The highest BCUT2D eigenvalue weighted by atomic mass is 35.5. The molecule has 24 heavy (non-hydrogen) atoms. The van der Waals surface area contributed by atoms with E-state index in [2.05, 4.69) is 5.32 Å². The van der Waals surface area contributed by atoms with Crippen LogP contribution in [-0.4, -0.2) is 23.3 Å². The van der Waals surface area contributed by atoms with Gasteiger partial charge in [-0.1, -0.05) is 23.7 Å². The fourth-order valence-electron chi connectivity index (χ4n) is 2.81. The van der Waals surface area contributed by atoms with Gasteiger partial charge in [0.05, 0.1) is 10.4 Å². The summed E-state index contributed by atoms with van der Waals surface area (Å²) in [5.74, 6) is 0.0645. The van der Waals surface area contributed by atoms with Crippen LogP contribution < -0.4 is 5.32 Å². The molecule has 1 saturated heterocycles. The summed E-state index contributed by atoms with van der Waals surface area (Å²) in [5.41, 5.74) is 1.58. The minimum Gasteiger partial charge on any atom is -0.345 e. The van der Waals surface area contributed by atoms with Crippen molar-refractivity contribution < 1.29 is 9.59 Å². The normalized spacial score (nSPS) is 15.6. The number of nitrogens with zero attached hydrogens (tertiary/aromatic N) is 1. The first-order valence-corrected chi connectivity index (χ1v) is 9.15. The Labute approximate surface area is 150 Å². The van der Waals surface area contributed by atoms with Gasteiger partial charge < -0.3 is 10.2 Å². The third kappa shape index (κ3) is 3.97. The number of amides is 2. The van der Waals surface area contributed by atoms with Gasteiger partial charge in [0.2, 0.25) is 5.91 Å². The van der Waals surface area contributed by atoms with Gasteiger partial charge in [-0.3, -0.25) is 9.59 Å². The number of thiophene rings is 1. The molecule has 1 aromatic heterocycles. The summed E-state index contributed by atoms with van der Waals surface area (Å²) in [6.07, 6.45) is 1.54. The van der Waals surface area contributed by atoms with Gasteiger partial charge in [-0.2, -0.15) is 0 Å². The van der Waals surface area contributed by atoms with Gasteiger partial charge in [-0.05, 0) is 43.2 Å². The maximum Gasteiger partial charge on any atom is 0.251 e. The fraction of sp³-hybridized carbons (Fsp3) is 0.333. The Morgan fingerprint density at radius 1 is 1.38 bits per heavy atom. The van der Waals surface area contributed by atoms with Crippen molar-refractivity contribution in [1.29, 1.82) is 0 Å². The highest BCUT2D eigenvalue weighted by molar-refractivity contribution is 7.16. The van der Waals surface area contributed by atoms with Crippen molar-refractivity contribution in [2.75, 3.05) is 6.54 Å². The molecule has 0 aliphatic carbocycles. The van der Waals surface area contributed by atoms with Crippen LogP contribution in [0.1, 0.15) is 46.6 Å². The summed E-state index contributed by atoms with van der Waals surface area (Å²) >= 11 is 7.41. The molecule has 0 bridgehead atoms. The molecule has 126 valence electrons. The predicted octanol–water partition coefficient (Wildman–Crippen LogP) is 4.01. The summed E-state index contributed by atoms with van der Waals surface area (Å²) in [6.45, 7) is 3.30. The summed E-state index contributed by atoms with van der Waals surface area (Å²) in [4.78, 5) is 27.1. The quantitative estimate of drug-likeness (QED) is 0.873. The average Bonchev–Trinajstić information content (AvgIpc) is 3.17. The van der Waals surface area contributed by atoms with E-state index in [0.717, 1.165) is 23.4 Å². The smallest absolute Gasteiger partial charge is 0.251 e. The van der Waals surface area contributed by atoms with Crippen LogP contribution in [0.4, 0.5) is 0 Å². The second-order valence-corrected chi connectivity index (χ2v) is 7.70. The van der Waals surface area contributed by atoms with Crippen molar-refractivity contribution >= 4 is 34.8 Å². The van der Waals surface area contributed by atoms with Crippen LogP contribution in [0.3, 0.4) is 0 Å². The first-order valence-electron chi connectivity index (χ1n) is 7.96. The third-order valence-electron chi connectivity index (χ3n) is 4.10. The van der Waals surface area contributed by atoms with Crippen LogP contribution >= 0.6 is 22.9 Å². The molecule has 1 aliphatic rings. The largest absolute Gasteiger partial charge is 0.345 e. The molecule has 2 amide bonds. The Hall–Kier alpha value is -1.85. The van der Waals surface area contributed by atoms with Crippen LogP contribution in [0, 0.1) is 0 Å². The highest BCUT2D eigenvalue weighted by Crippen LogP contribution is 2.26. The molecular weight excluding hydrogens is 344 g/mol. The van der Waals surface area contributed by atoms with E-state index in [4.69, 9.17) is 11.6 Å². The minimum atomic E-state index is -0.123. The summed E-state index contributed by atoms with van der Waals surface area (Å²) in [6, 6.07) is 11.1. The van der Waals surface area contributed by atoms with Crippen LogP contribution in [0.15, 0.2) is 36.4 Å². The molecule has 1 aliphatic heterocycles. The number of benzene rings is 1. The van der Waals surface area contributed by atoms with Gasteiger partial charge in [0.15, 0.2) is 0 Å². The van der Waals surface area contributed by atoms with E-state index in [1.54, 1.807) is 6.07 Å². The standard InChI is InChI=1S/C18H19ClN2O2S/c1-12(15-7-8-16(19)24-15)20-18(23)14-5-2-4-13(10-14)11-21-9-3-6-17(21)22/h2,4-5,7-8,10,12H,3,6,9,11H2,1H3,(H,20,23). The molecule has 1 unspecified atom stereocenters. The fourth-order valence-corrected chi connectivity index (χ4v) is 3.88. The Balaban J connectivity index is 1.66. The average molecular weight is 363 g/mol. The monoisotopic (exact) mass is 362 g/mol. The van der Waals surface area contributed by atoms with Gasteiger partial charge in [0, 0.05) is 30.0 Å². The Bertz CT molecular complexity index is 759. The van der Waals surface area contributed by atoms with Gasteiger partial charge >= 0.3 is 0 Å². The van der Waals surface area contributed by atoms with Crippen LogP contribution in [0.2, 0.25) is 4.34 Å². The SMILES string of the molecule is CC(NC(=O)c1cccc(CN2CCCC2=O)c1)c1ccc(Cl)s1. The first kappa shape index (κ1) is 17.0. The third-order valence-corrected chi connectivity index (χ3v) is 5.52. The molecule has 0 radical (unpaired) electrons. The Morgan fingerprint density at radius 3 is 2.88 bits per heavy atom. The maximum absolute atomic E-state index is 12.5. The Kier molecular flexibility index (Phi) is 5.21. The van der Waals surface area contributed by atoms with Crippen molar-refractivity contribution in [3.63, 3.8) is 0 Å². The lowest BCUT2D eigenvalue weighted by molar-refractivity contribution is -0.128. The number of hydrogen-bond acceptors (Lipinski definition) is 3. The highest BCUT2D eigenvalue weighted by Gasteiger charge is 2.20. The topological polar surface area (TPSA) is 49.4 Å². The van der Waals surface area contributed by atoms with Crippen molar-refractivity contribution in [3.05, 3.63) is 56.7 Å². The lowest BCUT2D eigenvalue weighted by Gasteiger charge is -2.16. The number of carbonyl (C=O) groups excluding carboxylic acids is 2. The number of nitrogens with one attached hydrogen (secondary N) is 1. The van der Waals surface area contributed by atoms with E-state index in [1.165, 1.54) is 11.3 Å². The molecule has 4 nitrogen and oxygen atoms in total. The van der Waals surface area contributed by atoms with Crippen LogP contribution in [0.5, 0.6) is 0 Å². The zero-order valence-corrected chi connectivity index (χ0v) is 15.0. The van der Waals surface area contributed by atoms with Gasteiger partial charge in [-0.25, -0.2) is 0 Å².